The minimum Gasteiger partial charge on any atom is -0.450 e. The molecule has 1 unspecified atom stereocenters. The maximum absolute atomic E-state index is 10.6. The molecule has 0 saturated carbocycles. The van der Waals surface area contributed by atoms with E-state index in [1.165, 1.54) is 22.3 Å². The van der Waals surface area contributed by atoms with Gasteiger partial charge in [-0.15, -0.1) is 0 Å². The van der Waals surface area contributed by atoms with Gasteiger partial charge in [-0.05, 0) is 47.9 Å². The monoisotopic (exact) mass is 354 g/mol. The van der Waals surface area contributed by atoms with Crippen LogP contribution in [-0.2, 0) is 17.6 Å². The Morgan fingerprint density at radius 1 is 1.00 bits per heavy atom. The van der Waals surface area contributed by atoms with E-state index < -0.39 is 6.16 Å². The molecule has 140 valence electrons. The van der Waals surface area contributed by atoms with Gasteiger partial charge in [0.15, 0.2) is 0 Å². The van der Waals surface area contributed by atoms with Crippen molar-refractivity contribution in [3.8, 4) is 0 Å². The smallest absolute Gasteiger partial charge is 0.450 e. The summed E-state index contributed by atoms with van der Waals surface area (Å²) in [4.78, 5) is 10.6. The lowest BCUT2D eigenvalue weighted by Gasteiger charge is -2.23. The summed E-state index contributed by atoms with van der Waals surface area (Å²) >= 11 is 0. The number of carbonyl (C=O) groups is 1. The molecule has 0 saturated heterocycles. The summed E-state index contributed by atoms with van der Waals surface area (Å²) < 4.78 is 4.72. The third-order valence-electron chi connectivity index (χ3n) is 4.77. The van der Waals surface area contributed by atoms with Crippen LogP contribution in [0.5, 0.6) is 0 Å². The van der Waals surface area contributed by atoms with Crippen molar-refractivity contribution in [3.05, 3.63) is 70.8 Å². The highest BCUT2D eigenvalue weighted by atomic mass is 16.7. The minimum atomic E-state index is -1.20. The van der Waals surface area contributed by atoms with Crippen LogP contribution in [0.1, 0.15) is 67.7 Å². The van der Waals surface area contributed by atoms with Crippen LogP contribution in [0.4, 0.5) is 4.79 Å². The van der Waals surface area contributed by atoms with E-state index in [0.29, 0.717) is 0 Å². The lowest BCUT2D eigenvalue weighted by molar-refractivity contribution is 0.0898. The average Bonchev–Trinajstić information content (AvgIpc) is 2.64. The highest BCUT2D eigenvalue weighted by molar-refractivity contribution is 5.56. The summed E-state index contributed by atoms with van der Waals surface area (Å²) in [5.41, 5.74) is 5.60. The molecule has 26 heavy (non-hydrogen) atoms. The van der Waals surface area contributed by atoms with Gasteiger partial charge in [0.05, 0.1) is 6.61 Å². The zero-order valence-corrected chi connectivity index (χ0v) is 15.9. The summed E-state index contributed by atoms with van der Waals surface area (Å²) in [7, 11) is 0. The van der Waals surface area contributed by atoms with Gasteiger partial charge >= 0.3 is 6.16 Å². The summed E-state index contributed by atoms with van der Waals surface area (Å²) in [6, 6.07) is 17.2. The molecule has 1 atom stereocenters. The number of ether oxygens (including phenoxy) is 1. The van der Waals surface area contributed by atoms with Crippen molar-refractivity contribution in [1.82, 2.24) is 0 Å². The second-order valence-corrected chi connectivity index (χ2v) is 6.70. The number of hydrogen-bond donors (Lipinski definition) is 1. The molecule has 0 aliphatic rings. The van der Waals surface area contributed by atoms with Crippen molar-refractivity contribution >= 4 is 6.16 Å². The van der Waals surface area contributed by atoms with Crippen LogP contribution < -0.4 is 0 Å². The largest absolute Gasteiger partial charge is 0.505 e. The first-order chi connectivity index (χ1) is 12.7. The van der Waals surface area contributed by atoms with Crippen LogP contribution in [-0.4, -0.2) is 17.9 Å². The molecule has 1 N–H and O–H groups in total. The van der Waals surface area contributed by atoms with Gasteiger partial charge in [0.1, 0.15) is 0 Å². The second-order valence-electron chi connectivity index (χ2n) is 6.70. The van der Waals surface area contributed by atoms with Gasteiger partial charge in [-0.1, -0.05) is 75.2 Å². The van der Waals surface area contributed by atoms with Crippen LogP contribution in [0.3, 0.4) is 0 Å². The van der Waals surface area contributed by atoms with Gasteiger partial charge < -0.3 is 9.84 Å². The topological polar surface area (TPSA) is 46.5 Å². The second kappa shape index (κ2) is 10.6. The minimum absolute atomic E-state index is 0.246. The summed E-state index contributed by atoms with van der Waals surface area (Å²) in [6.45, 7) is 4.70. The Balaban J connectivity index is 2.34. The Morgan fingerprint density at radius 3 is 2.38 bits per heavy atom. The van der Waals surface area contributed by atoms with Crippen molar-refractivity contribution < 1.29 is 14.6 Å². The van der Waals surface area contributed by atoms with E-state index in [-0.39, 0.29) is 12.5 Å². The van der Waals surface area contributed by atoms with Crippen LogP contribution in [0.25, 0.3) is 0 Å². The van der Waals surface area contributed by atoms with Crippen molar-refractivity contribution in [2.24, 2.45) is 0 Å². The lowest BCUT2D eigenvalue weighted by atomic mass is 9.81. The number of benzene rings is 2. The van der Waals surface area contributed by atoms with Crippen LogP contribution in [0, 0.1) is 0 Å². The third-order valence-corrected chi connectivity index (χ3v) is 4.77. The summed E-state index contributed by atoms with van der Waals surface area (Å²) in [5, 5.41) is 8.70. The molecule has 0 heterocycles. The molecule has 0 aliphatic heterocycles. The molecule has 3 nitrogen and oxygen atoms in total. The molecule has 0 spiro atoms. The number of rotatable bonds is 10. The third kappa shape index (κ3) is 5.62. The fraction of sp³-hybridized carbons (Fsp3) is 0.435. The Morgan fingerprint density at radius 2 is 1.73 bits per heavy atom. The van der Waals surface area contributed by atoms with Gasteiger partial charge in [-0.3, -0.25) is 0 Å². The van der Waals surface area contributed by atoms with E-state index in [1.807, 2.05) is 6.07 Å². The predicted molar refractivity (Wildman–Crippen MR) is 106 cm³/mol. The zero-order valence-electron chi connectivity index (χ0n) is 15.9. The first-order valence-corrected chi connectivity index (χ1v) is 9.68. The molecule has 0 fully saturated rings. The molecule has 3 heteroatoms. The molecule has 2 aromatic rings. The standard InChI is InChI=1S/C23H30O3/c1-3-10-18-14-8-15-22(20(18)11-4-2)21(16-9-17-26-23(24)25)19-12-6-5-7-13-19/h5-8,12-15,21H,3-4,9-11,16-17H2,1-2H3,(H,24,25). The number of hydrogen-bond acceptors (Lipinski definition) is 2. The van der Waals surface area contributed by atoms with Gasteiger partial charge in [0.2, 0.25) is 0 Å². The molecule has 0 amide bonds. The summed E-state index contributed by atoms with van der Waals surface area (Å²) in [6.07, 6.45) is 4.85. The van der Waals surface area contributed by atoms with E-state index in [0.717, 1.165) is 38.5 Å². The molecule has 0 aromatic heterocycles. The van der Waals surface area contributed by atoms with E-state index in [4.69, 9.17) is 9.84 Å². The average molecular weight is 354 g/mol. The quantitative estimate of drug-likeness (QED) is 0.408. The molecule has 0 radical (unpaired) electrons. The van der Waals surface area contributed by atoms with Crippen LogP contribution in [0.15, 0.2) is 48.5 Å². The molecular formula is C23H30O3. The Hall–Kier alpha value is -2.29. The lowest BCUT2D eigenvalue weighted by Crippen LogP contribution is -2.10. The maximum Gasteiger partial charge on any atom is 0.505 e. The van der Waals surface area contributed by atoms with E-state index in [2.05, 4.69) is 56.3 Å². The van der Waals surface area contributed by atoms with Gasteiger partial charge in [-0.2, -0.15) is 0 Å². The zero-order chi connectivity index (χ0) is 18.8. The van der Waals surface area contributed by atoms with Crippen LogP contribution >= 0.6 is 0 Å². The fourth-order valence-electron chi connectivity index (χ4n) is 3.67. The van der Waals surface area contributed by atoms with Crippen LogP contribution in [0.2, 0.25) is 0 Å². The molecule has 0 aliphatic carbocycles. The van der Waals surface area contributed by atoms with Crippen molar-refractivity contribution in [2.75, 3.05) is 6.61 Å². The Labute approximate surface area is 157 Å². The first kappa shape index (κ1) is 20.0. The van der Waals surface area contributed by atoms with E-state index in [1.54, 1.807) is 0 Å². The highest BCUT2D eigenvalue weighted by Crippen LogP contribution is 2.34. The SMILES string of the molecule is CCCc1cccc(C(CCCOC(=O)O)c2ccccc2)c1CCC. The first-order valence-electron chi connectivity index (χ1n) is 9.68. The predicted octanol–water partition coefficient (Wildman–Crippen LogP) is 6.20. The highest BCUT2D eigenvalue weighted by Gasteiger charge is 2.19. The Bertz CT molecular complexity index is 679. The maximum atomic E-state index is 10.6. The number of aryl methyl sites for hydroxylation is 1. The van der Waals surface area contributed by atoms with Gasteiger partial charge in [0, 0.05) is 5.92 Å². The normalized spacial score (nSPS) is 11.9. The molecular weight excluding hydrogens is 324 g/mol. The van der Waals surface area contributed by atoms with E-state index >= 15 is 0 Å². The van der Waals surface area contributed by atoms with Gasteiger partial charge in [-0.25, -0.2) is 4.79 Å². The number of carboxylic acid groups (broad SMARTS) is 1. The molecule has 2 rings (SSSR count). The molecule has 0 bridgehead atoms. The molecule has 2 aromatic carbocycles. The summed E-state index contributed by atoms with van der Waals surface area (Å²) in [5.74, 6) is 0.270. The van der Waals surface area contributed by atoms with Gasteiger partial charge in [0.25, 0.3) is 0 Å². The van der Waals surface area contributed by atoms with Crippen molar-refractivity contribution in [1.29, 1.82) is 0 Å². The van der Waals surface area contributed by atoms with E-state index in [9.17, 15) is 4.79 Å². The van der Waals surface area contributed by atoms with Crippen molar-refractivity contribution in [3.63, 3.8) is 0 Å². The fourth-order valence-corrected chi connectivity index (χ4v) is 3.67. The van der Waals surface area contributed by atoms with Crippen molar-refractivity contribution in [2.45, 2.75) is 58.3 Å². The Kier molecular flexibility index (Phi) is 8.20.